The summed E-state index contributed by atoms with van der Waals surface area (Å²) >= 11 is 0. The molecule has 1 aromatic carbocycles. The van der Waals surface area contributed by atoms with Crippen molar-refractivity contribution in [1.82, 2.24) is 0 Å². The van der Waals surface area contributed by atoms with Crippen LogP contribution in [-0.4, -0.2) is 21.7 Å². The molecule has 0 radical (unpaired) electrons. The van der Waals surface area contributed by atoms with Crippen LogP contribution in [0.5, 0.6) is 11.5 Å². The van der Waals surface area contributed by atoms with Gasteiger partial charge in [0, 0.05) is 18.6 Å². The van der Waals surface area contributed by atoms with Gasteiger partial charge in [-0.1, -0.05) is 0 Å². The molecular formula is C9H8FNO3. The number of benzene rings is 1. The zero-order valence-electron chi connectivity index (χ0n) is 7.34. The fourth-order valence-corrected chi connectivity index (χ4v) is 0.933. The van der Waals surface area contributed by atoms with Crippen molar-refractivity contribution in [2.45, 2.75) is 6.92 Å². The summed E-state index contributed by atoms with van der Waals surface area (Å²) in [6.45, 7) is 1.12. The molecule has 0 unspecified atom stereocenters. The van der Waals surface area contributed by atoms with Gasteiger partial charge < -0.3 is 10.2 Å². The molecule has 1 aromatic rings. The average molecular weight is 197 g/mol. The highest BCUT2D eigenvalue weighted by atomic mass is 19.1. The highest BCUT2D eigenvalue weighted by Gasteiger charge is 2.15. The average Bonchev–Trinajstić information content (AvgIpc) is 2.10. The third kappa shape index (κ3) is 1.71. The van der Waals surface area contributed by atoms with Gasteiger partial charge in [-0.05, 0) is 6.07 Å². The van der Waals surface area contributed by atoms with Crippen LogP contribution in [0.1, 0.15) is 12.5 Å². The largest absolute Gasteiger partial charge is 0.504 e. The predicted molar refractivity (Wildman–Crippen MR) is 47.2 cm³/mol. The minimum atomic E-state index is -0.916. The Morgan fingerprint density at radius 3 is 2.36 bits per heavy atom. The lowest BCUT2D eigenvalue weighted by Crippen LogP contribution is -2.11. The number of hydrogen-bond acceptors (Lipinski definition) is 4. The number of ketones is 1. The van der Waals surface area contributed by atoms with E-state index in [1.807, 2.05) is 0 Å². The molecule has 74 valence electrons. The molecule has 0 fully saturated rings. The minimum Gasteiger partial charge on any atom is -0.504 e. The van der Waals surface area contributed by atoms with Crippen LogP contribution in [0, 0.1) is 11.2 Å². The standard InChI is InChI=1S/C9H8FNO3/c1-4(12)9(11)5-2-7(13)8(14)3-6(5)10/h2-3,11,13-14H,1H3. The quantitative estimate of drug-likeness (QED) is 0.492. The summed E-state index contributed by atoms with van der Waals surface area (Å²) in [7, 11) is 0. The molecule has 0 aliphatic carbocycles. The SMILES string of the molecule is CC(=O)C(=N)c1cc(O)c(O)cc1F. The summed E-state index contributed by atoms with van der Waals surface area (Å²) in [6.07, 6.45) is 0. The van der Waals surface area contributed by atoms with E-state index in [1.54, 1.807) is 0 Å². The van der Waals surface area contributed by atoms with Gasteiger partial charge in [-0.3, -0.25) is 10.2 Å². The second kappa shape index (κ2) is 3.45. The summed E-state index contributed by atoms with van der Waals surface area (Å²) in [5.74, 6) is -2.72. The molecule has 0 aliphatic rings. The Bertz CT molecular complexity index is 415. The lowest BCUT2D eigenvalue weighted by Gasteiger charge is -2.04. The normalized spacial score (nSPS) is 9.86. The maximum atomic E-state index is 13.1. The van der Waals surface area contributed by atoms with Crippen molar-refractivity contribution in [3.05, 3.63) is 23.5 Å². The number of carbonyl (C=O) groups excluding carboxylic acids is 1. The van der Waals surface area contributed by atoms with Crippen molar-refractivity contribution in [2.24, 2.45) is 0 Å². The van der Waals surface area contributed by atoms with Gasteiger partial charge >= 0.3 is 0 Å². The molecular weight excluding hydrogens is 189 g/mol. The van der Waals surface area contributed by atoms with Crippen molar-refractivity contribution in [2.75, 3.05) is 0 Å². The van der Waals surface area contributed by atoms with E-state index < -0.39 is 28.8 Å². The number of rotatable bonds is 2. The molecule has 0 saturated carbocycles. The van der Waals surface area contributed by atoms with Crippen molar-refractivity contribution in [3.8, 4) is 11.5 Å². The molecule has 3 N–H and O–H groups in total. The molecule has 0 saturated heterocycles. The third-order valence-electron chi connectivity index (χ3n) is 1.69. The first kappa shape index (κ1) is 10.2. The molecule has 5 heteroatoms. The molecule has 0 atom stereocenters. The topological polar surface area (TPSA) is 81.4 Å². The summed E-state index contributed by atoms with van der Waals surface area (Å²) in [5, 5.41) is 25.1. The summed E-state index contributed by atoms with van der Waals surface area (Å²) in [4.78, 5) is 10.8. The predicted octanol–water partition coefficient (Wildman–Crippen LogP) is 1.19. The van der Waals surface area contributed by atoms with E-state index in [2.05, 4.69) is 0 Å². The van der Waals surface area contributed by atoms with Gasteiger partial charge in [0.05, 0.1) is 0 Å². The van der Waals surface area contributed by atoms with Gasteiger partial charge in [0.1, 0.15) is 11.5 Å². The second-order valence-corrected chi connectivity index (χ2v) is 2.75. The van der Waals surface area contributed by atoms with E-state index in [1.165, 1.54) is 0 Å². The van der Waals surface area contributed by atoms with Crippen LogP contribution in [0.25, 0.3) is 0 Å². The fourth-order valence-electron chi connectivity index (χ4n) is 0.933. The number of aromatic hydroxyl groups is 2. The van der Waals surface area contributed by atoms with E-state index in [4.69, 9.17) is 15.6 Å². The van der Waals surface area contributed by atoms with E-state index in [0.29, 0.717) is 6.07 Å². The zero-order chi connectivity index (χ0) is 10.9. The number of phenolic OH excluding ortho intramolecular Hbond substituents is 2. The van der Waals surface area contributed by atoms with Crippen molar-refractivity contribution in [1.29, 1.82) is 5.41 Å². The van der Waals surface area contributed by atoms with Crippen LogP contribution >= 0.6 is 0 Å². The molecule has 0 bridgehead atoms. The Morgan fingerprint density at radius 2 is 1.86 bits per heavy atom. The Morgan fingerprint density at radius 1 is 1.36 bits per heavy atom. The van der Waals surface area contributed by atoms with E-state index in [0.717, 1.165) is 13.0 Å². The Labute approximate surface area is 79.1 Å². The number of nitrogens with one attached hydrogen (secondary N) is 1. The van der Waals surface area contributed by atoms with Crippen molar-refractivity contribution in [3.63, 3.8) is 0 Å². The molecule has 1 rings (SSSR count). The first-order chi connectivity index (χ1) is 6.43. The fraction of sp³-hybridized carbons (Fsp3) is 0.111. The van der Waals surface area contributed by atoms with E-state index in [9.17, 15) is 9.18 Å². The number of phenols is 2. The number of halogens is 1. The van der Waals surface area contributed by atoms with Crippen LogP contribution in [0.15, 0.2) is 12.1 Å². The molecule has 0 spiro atoms. The Hall–Kier alpha value is -1.91. The van der Waals surface area contributed by atoms with Crippen LogP contribution in [0.4, 0.5) is 4.39 Å². The van der Waals surface area contributed by atoms with Gasteiger partial charge in [-0.15, -0.1) is 0 Å². The summed E-state index contributed by atoms with van der Waals surface area (Å²) < 4.78 is 13.1. The van der Waals surface area contributed by atoms with Gasteiger partial charge in [-0.2, -0.15) is 0 Å². The van der Waals surface area contributed by atoms with Gasteiger partial charge in [-0.25, -0.2) is 4.39 Å². The maximum Gasteiger partial charge on any atom is 0.178 e. The summed E-state index contributed by atoms with van der Waals surface area (Å²) in [6, 6.07) is 1.50. The molecule has 0 aromatic heterocycles. The number of hydrogen-bond donors (Lipinski definition) is 3. The molecule has 0 aliphatic heterocycles. The first-order valence-corrected chi connectivity index (χ1v) is 3.75. The molecule has 0 heterocycles. The van der Waals surface area contributed by atoms with E-state index >= 15 is 0 Å². The second-order valence-electron chi connectivity index (χ2n) is 2.75. The monoisotopic (exact) mass is 197 g/mol. The van der Waals surface area contributed by atoms with Crippen LogP contribution < -0.4 is 0 Å². The number of carbonyl (C=O) groups is 1. The molecule has 14 heavy (non-hydrogen) atoms. The summed E-state index contributed by atoms with van der Waals surface area (Å²) in [5.41, 5.74) is -0.870. The van der Waals surface area contributed by atoms with Gasteiger partial charge in [0.25, 0.3) is 0 Å². The van der Waals surface area contributed by atoms with Crippen molar-refractivity contribution >= 4 is 11.5 Å². The zero-order valence-corrected chi connectivity index (χ0v) is 7.34. The van der Waals surface area contributed by atoms with E-state index in [-0.39, 0.29) is 5.56 Å². The highest BCUT2D eigenvalue weighted by Crippen LogP contribution is 2.27. The third-order valence-corrected chi connectivity index (χ3v) is 1.69. The Kier molecular flexibility index (Phi) is 2.51. The smallest absolute Gasteiger partial charge is 0.178 e. The molecule has 4 nitrogen and oxygen atoms in total. The van der Waals surface area contributed by atoms with Crippen LogP contribution in [0.2, 0.25) is 0 Å². The molecule has 0 amide bonds. The van der Waals surface area contributed by atoms with Gasteiger partial charge in [0.15, 0.2) is 17.3 Å². The lowest BCUT2D eigenvalue weighted by atomic mass is 10.1. The lowest BCUT2D eigenvalue weighted by molar-refractivity contribution is -0.111. The van der Waals surface area contributed by atoms with Crippen LogP contribution in [0.3, 0.4) is 0 Å². The van der Waals surface area contributed by atoms with Crippen molar-refractivity contribution < 1.29 is 19.4 Å². The Balaban J connectivity index is 3.29. The minimum absolute atomic E-state index is 0.326. The van der Waals surface area contributed by atoms with Crippen LogP contribution in [-0.2, 0) is 4.79 Å². The van der Waals surface area contributed by atoms with Gasteiger partial charge in [0.2, 0.25) is 0 Å². The highest BCUT2D eigenvalue weighted by molar-refractivity contribution is 6.44. The number of Topliss-reactive ketones (excluding diaryl/α,β-unsaturated/α-hetero) is 1. The first-order valence-electron chi connectivity index (χ1n) is 3.75. The maximum absolute atomic E-state index is 13.1.